The van der Waals surface area contributed by atoms with Gasteiger partial charge in [-0.1, -0.05) is 32.8 Å². The van der Waals surface area contributed by atoms with Gasteiger partial charge in [0.15, 0.2) is 0 Å². The first-order valence-corrected chi connectivity index (χ1v) is 9.26. The summed E-state index contributed by atoms with van der Waals surface area (Å²) in [4.78, 5) is 36.8. The van der Waals surface area contributed by atoms with Crippen LogP contribution in [0.2, 0.25) is 0 Å². The minimum absolute atomic E-state index is 0.0796. The summed E-state index contributed by atoms with van der Waals surface area (Å²) in [7, 11) is 0. The lowest BCUT2D eigenvalue weighted by atomic mass is 10.1. The zero-order valence-corrected chi connectivity index (χ0v) is 15.6. The van der Waals surface area contributed by atoms with Crippen LogP contribution in [0.5, 0.6) is 0 Å². The standard InChI is InChI=1S/C19H31NO5/c1-4-5-6-7-9-16(3)25-18(22)14-15(2)19(23)24-13-12-20-11-8-10-17(20)21/h16H,2,4-14H2,1,3H3. The quantitative estimate of drug-likeness (QED) is 0.306. The Morgan fingerprint density at radius 1 is 1.28 bits per heavy atom. The van der Waals surface area contributed by atoms with Crippen molar-refractivity contribution in [2.24, 2.45) is 0 Å². The van der Waals surface area contributed by atoms with E-state index in [1.54, 1.807) is 4.90 Å². The first-order valence-electron chi connectivity index (χ1n) is 9.26. The van der Waals surface area contributed by atoms with Crippen molar-refractivity contribution in [3.05, 3.63) is 12.2 Å². The van der Waals surface area contributed by atoms with Crippen LogP contribution in [0, 0.1) is 0 Å². The Bertz CT molecular complexity index is 474. The molecule has 142 valence electrons. The molecule has 0 spiro atoms. The van der Waals surface area contributed by atoms with E-state index in [4.69, 9.17) is 9.47 Å². The van der Waals surface area contributed by atoms with E-state index in [9.17, 15) is 14.4 Å². The fourth-order valence-corrected chi connectivity index (χ4v) is 2.72. The molecule has 1 rings (SSSR count). The third kappa shape index (κ3) is 8.70. The first-order chi connectivity index (χ1) is 11.9. The Balaban J connectivity index is 2.17. The highest BCUT2D eigenvalue weighted by molar-refractivity contribution is 5.93. The molecule has 0 N–H and O–H groups in total. The Morgan fingerprint density at radius 2 is 2.04 bits per heavy atom. The van der Waals surface area contributed by atoms with E-state index >= 15 is 0 Å². The lowest BCUT2D eigenvalue weighted by Crippen LogP contribution is -2.29. The van der Waals surface area contributed by atoms with Crippen LogP contribution in [0.4, 0.5) is 0 Å². The van der Waals surface area contributed by atoms with E-state index in [0.717, 1.165) is 25.7 Å². The number of amides is 1. The number of esters is 2. The summed E-state index contributed by atoms with van der Waals surface area (Å²) in [6, 6.07) is 0. The molecule has 0 aromatic rings. The maximum atomic E-state index is 11.8. The molecule has 1 atom stereocenters. The third-order valence-electron chi connectivity index (χ3n) is 4.21. The highest BCUT2D eigenvalue weighted by Crippen LogP contribution is 2.11. The normalized spacial score (nSPS) is 15.1. The van der Waals surface area contributed by atoms with Crippen molar-refractivity contribution in [2.75, 3.05) is 19.7 Å². The molecular formula is C19H31NO5. The summed E-state index contributed by atoms with van der Waals surface area (Å²) < 4.78 is 10.4. The van der Waals surface area contributed by atoms with Crippen molar-refractivity contribution in [1.29, 1.82) is 0 Å². The maximum absolute atomic E-state index is 11.8. The van der Waals surface area contributed by atoms with Crippen molar-refractivity contribution >= 4 is 17.8 Å². The van der Waals surface area contributed by atoms with Crippen LogP contribution in [0.25, 0.3) is 0 Å². The van der Waals surface area contributed by atoms with Crippen LogP contribution in [-0.2, 0) is 23.9 Å². The van der Waals surface area contributed by atoms with Crippen LogP contribution in [0.1, 0.15) is 65.2 Å². The molecule has 6 nitrogen and oxygen atoms in total. The molecule has 0 saturated carbocycles. The number of hydrogen-bond donors (Lipinski definition) is 0. The minimum atomic E-state index is -0.612. The predicted octanol–water partition coefficient (Wildman–Crippen LogP) is 3.00. The Hall–Kier alpha value is -1.85. The number of carbonyl (C=O) groups is 3. The Labute approximate surface area is 150 Å². The smallest absolute Gasteiger partial charge is 0.334 e. The largest absolute Gasteiger partial charge is 0.462 e. The third-order valence-corrected chi connectivity index (χ3v) is 4.21. The van der Waals surface area contributed by atoms with Crippen molar-refractivity contribution in [3.8, 4) is 0 Å². The van der Waals surface area contributed by atoms with Gasteiger partial charge in [0.1, 0.15) is 6.61 Å². The number of rotatable bonds is 12. The average molecular weight is 353 g/mol. The number of unbranched alkanes of at least 4 members (excludes halogenated alkanes) is 3. The second kappa shape index (κ2) is 11.7. The van der Waals surface area contributed by atoms with Crippen molar-refractivity contribution in [3.63, 3.8) is 0 Å². The Kier molecular flexibility index (Phi) is 9.88. The van der Waals surface area contributed by atoms with Gasteiger partial charge in [0.25, 0.3) is 0 Å². The van der Waals surface area contributed by atoms with Gasteiger partial charge in [0, 0.05) is 18.5 Å². The van der Waals surface area contributed by atoms with E-state index in [0.29, 0.717) is 19.5 Å². The van der Waals surface area contributed by atoms with Gasteiger partial charge in [-0.2, -0.15) is 0 Å². The summed E-state index contributed by atoms with van der Waals surface area (Å²) in [5.41, 5.74) is 0.0796. The second-order valence-electron chi connectivity index (χ2n) is 6.55. The molecule has 1 heterocycles. The highest BCUT2D eigenvalue weighted by Gasteiger charge is 2.21. The summed E-state index contributed by atoms with van der Waals surface area (Å²) in [6.45, 7) is 8.82. The van der Waals surface area contributed by atoms with E-state index in [1.165, 1.54) is 12.8 Å². The lowest BCUT2D eigenvalue weighted by Gasteiger charge is -2.16. The highest BCUT2D eigenvalue weighted by atomic mass is 16.5. The van der Waals surface area contributed by atoms with Crippen LogP contribution in [0.3, 0.4) is 0 Å². The summed E-state index contributed by atoms with van der Waals surface area (Å²) >= 11 is 0. The molecule has 0 aromatic carbocycles. The molecule has 1 fully saturated rings. The van der Waals surface area contributed by atoms with E-state index in [1.807, 2.05) is 6.92 Å². The molecular weight excluding hydrogens is 322 g/mol. The molecule has 1 amide bonds. The van der Waals surface area contributed by atoms with Crippen molar-refractivity contribution in [2.45, 2.75) is 71.3 Å². The molecule has 0 aromatic heterocycles. The number of carbonyl (C=O) groups excluding carboxylic acids is 3. The minimum Gasteiger partial charge on any atom is -0.462 e. The molecule has 25 heavy (non-hydrogen) atoms. The SMILES string of the molecule is C=C(CC(=O)OC(C)CCCCCC)C(=O)OCCN1CCCC1=O. The van der Waals surface area contributed by atoms with Gasteiger partial charge in [-0.25, -0.2) is 4.79 Å². The zero-order valence-electron chi connectivity index (χ0n) is 15.6. The van der Waals surface area contributed by atoms with Gasteiger partial charge in [0.2, 0.25) is 5.91 Å². The van der Waals surface area contributed by atoms with Gasteiger partial charge in [-0.15, -0.1) is 0 Å². The number of nitrogens with zero attached hydrogens (tertiary/aromatic N) is 1. The van der Waals surface area contributed by atoms with Gasteiger partial charge in [-0.3, -0.25) is 9.59 Å². The van der Waals surface area contributed by atoms with Crippen LogP contribution < -0.4 is 0 Å². The monoisotopic (exact) mass is 353 g/mol. The Morgan fingerprint density at radius 3 is 2.68 bits per heavy atom. The van der Waals surface area contributed by atoms with Gasteiger partial charge in [0.05, 0.1) is 19.1 Å². The summed E-state index contributed by atoms with van der Waals surface area (Å²) in [6.07, 6.45) is 6.43. The summed E-state index contributed by atoms with van der Waals surface area (Å²) in [5, 5.41) is 0. The number of ether oxygens (including phenoxy) is 2. The second-order valence-corrected chi connectivity index (χ2v) is 6.55. The average Bonchev–Trinajstić information content (AvgIpc) is 2.96. The van der Waals surface area contributed by atoms with Crippen LogP contribution in [0.15, 0.2) is 12.2 Å². The molecule has 1 saturated heterocycles. The van der Waals surface area contributed by atoms with E-state index in [-0.39, 0.29) is 30.6 Å². The van der Waals surface area contributed by atoms with Crippen LogP contribution in [-0.4, -0.2) is 48.5 Å². The first kappa shape index (κ1) is 21.2. The number of likely N-dealkylation sites (tertiary alicyclic amines) is 1. The van der Waals surface area contributed by atoms with Crippen molar-refractivity contribution in [1.82, 2.24) is 4.90 Å². The van der Waals surface area contributed by atoms with Crippen LogP contribution >= 0.6 is 0 Å². The lowest BCUT2D eigenvalue weighted by molar-refractivity contribution is -0.150. The van der Waals surface area contributed by atoms with Crippen molar-refractivity contribution < 1.29 is 23.9 Å². The van der Waals surface area contributed by atoms with Gasteiger partial charge < -0.3 is 14.4 Å². The fraction of sp³-hybridized carbons (Fsp3) is 0.737. The predicted molar refractivity (Wildman–Crippen MR) is 94.8 cm³/mol. The molecule has 6 heteroatoms. The molecule has 1 aliphatic heterocycles. The molecule has 1 aliphatic rings. The molecule has 1 unspecified atom stereocenters. The zero-order chi connectivity index (χ0) is 18.7. The molecule has 0 radical (unpaired) electrons. The van der Waals surface area contributed by atoms with Gasteiger partial charge in [-0.05, 0) is 26.2 Å². The summed E-state index contributed by atoms with van der Waals surface area (Å²) in [5.74, 6) is -0.981. The topological polar surface area (TPSA) is 72.9 Å². The number of hydrogen-bond acceptors (Lipinski definition) is 5. The van der Waals surface area contributed by atoms with E-state index in [2.05, 4.69) is 13.5 Å². The molecule has 0 bridgehead atoms. The fourth-order valence-electron chi connectivity index (χ4n) is 2.72. The maximum Gasteiger partial charge on any atom is 0.334 e. The van der Waals surface area contributed by atoms with Gasteiger partial charge >= 0.3 is 11.9 Å². The van der Waals surface area contributed by atoms with E-state index < -0.39 is 11.9 Å². The molecule has 0 aliphatic carbocycles.